The highest BCUT2D eigenvalue weighted by Crippen LogP contribution is 2.39. The molecule has 1 aliphatic rings. The van der Waals surface area contributed by atoms with Crippen LogP contribution in [0.4, 0.5) is 10.7 Å². The minimum atomic E-state index is -0.624. The van der Waals surface area contributed by atoms with Gasteiger partial charge in [-0.05, 0) is 36.8 Å². The molecule has 0 saturated heterocycles. The zero-order valence-corrected chi connectivity index (χ0v) is 14.4. The lowest BCUT2D eigenvalue weighted by molar-refractivity contribution is -0.385. The van der Waals surface area contributed by atoms with Gasteiger partial charge in [0.2, 0.25) is 0 Å². The first-order chi connectivity index (χ1) is 11.9. The first-order valence-corrected chi connectivity index (χ1v) is 8.69. The topological polar surface area (TPSA) is 115 Å². The summed E-state index contributed by atoms with van der Waals surface area (Å²) in [6, 6.07) is 5.70. The summed E-state index contributed by atoms with van der Waals surface area (Å²) in [5, 5.41) is 14.1. The summed E-state index contributed by atoms with van der Waals surface area (Å²) in [6.07, 6.45) is 2.59. The number of carbonyl (C=O) groups is 2. The number of fused-ring (bicyclic) bond motifs is 1. The van der Waals surface area contributed by atoms with Gasteiger partial charge in [0.15, 0.2) is 0 Å². The third-order valence-electron chi connectivity index (χ3n) is 4.33. The minimum absolute atomic E-state index is 0.0531. The van der Waals surface area contributed by atoms with Crippen LogP contribution in [0.2, 0.25) is 0 Å². The molecule has 0 spiro atoms. The molecule has 0 saturated carbocycles. The van der Waals surface area contributed by atoms with Crippen molar-refractivity contribution in [3.05, 3.63) is 55.9 Å². The number of amides is 2. The number of nitro benzene ring substituents is 1. The van der Waals surface area contributed by atoms with Gasteiger partial charge in [0.05, 0.1) is 10.5 Å². The van der Waals surface area contributed by atoms with Gasteiger partial charge in [-0.1, -0.05) is 19.1 Å². The van der Waals surface area contributed by atoms with Gasteiger partial charge < -0.3 is 11.1 Å². The van der Waals surface area contributed by atoms with Crippen LogP contribution in [0.15, 0.2) is 24.3 Å². The molecular formula is C17H17N3O4S. The number of para-hydroxylation sites is 1. The Morgan fingerprint density at radius 3 is 2.76 bits per heavy atom. The average Bonchev–Trinajstić information content (AvgIpc) is 2.91. The van der Waals surface area contributed by atoms with E-state index in [1.54, 1.807) is 6.07 Å². The number of carbonyl (C=O) groups excluding carboxylic acids is 2. The third-order valence-corrected chi connectivity index (χ3v) is 5.53. The molecule has 130 valence electrons. The van der Waals surface area contributed by atoms with E-state index < -0.39 is 16.7 Å². The maximum absolute atomic E-state index is 12.5. The second kappa shape index (κ2) is 6.64. The molecule has 2 aromatic rings. The molecule has 8 heteroatoms. The molecule has 0 unspecified atom stereocenters. The summed E-state index contributed by atoms with van der Waals surface area (Å²) in [5.41, 5.74) is 6.42. The van der Waals surface area contributed by atoms with Crippen LogP contribution in [0.25, 0.3) is 0 Å². The van der Waals surface area contributed by atoms with Gasteiger partial charge in [-0.2, -0.15) is 0 Å². The second-order valence-electron chi connectivity index (χ2n) is 6.15. The Morgan fingerprint density at radius 1 is 1.36 bits per heavy atom. The van der Waals surface area contributed by atoms with Crippen molar-refractivity contribution in [3.63, 3.8) is 0 Å². The van der Waals surface area contributed by atoms with Crippen molar-refractivity contribution in [2.45, 2.75) is 26.2 Å². The van der Waals surface area contributed by atoms with E-state index in [4.69, 9.17) is 5.73 Å². The molecule has 1 aliphatic carbocycles. The van der Waals surface area contributed by atoms with Gasteiger partial charge in [-0.15, -0.1) is 11.3 Å². The molecule has 0 bridgehead atoms. The average molecular weight is 359 g/mol. The van der Waals surface area contributed by atoms with E-state index in [1.807, 2.05) is 0 Å². The fourth-order valence-electron chi connectivity index (χ4n) is 3.10. The number of nitrogens with two attached hydrogens (primary N) is 1. The lowest BCUT2D eigenvalue weighted by atomic mass is 9.87. The Hall–Kier alpha value is -2.74. The number of anilines is 1. The Balaban J connectivity index is 1.98. The zero-order valence-electron chi connectivity index (χ0n) is 13.6. The fourth-order valence-corrected chi connectivity index (χ4v) is 4.35. The van der Waals surface area contributed by atoms with Crippen LogP contribution in [0.1, 0.15) is 44.5 Å². The Bertz CT molecular complexity index is 875. The Kier molecular flexibility index (Phi) is 4.54. The number of rotatable bonds is 4. The molecule has 1 heterocycles. The van der Waals surface area contributed by atoms with E-state index in [9.17, 15) is 19.7 Å². The van der Waals surface area contributed by atoms with E-state index in [-0.39, 0.29) is 11.3 Å². The zero-order chi connectivity index (χ0) is 18.1. The van der Waals surface area contributed by atoms with E-state index in [0.29, 0.717) is 16.5 Å². The first kappa shape index (κ1) is 17.1. The van der Waals surface area contributed by atoms with E-state index in [1.165, 1.54) is 29.5 Å². The lowest BCUT2D eigenvalue weighted by Crippen LogP contribution is -2.20. The van der Waals surface area contributed by atoms with Crippen LogP contribution in [0, 0.1) is 16.0 Å². The van der Waals surface area contributed by atoms with Gasteiger partial charge in [-0.3, -0.25) is 19.7 Å². The molecule has 7 nitrogen and oxygen atoms in total. The summed E-state index contributed by atoms with van der Waals surface area (Å²) in [7, 11) is 0. The van der Waals surface area contributed by atoms with Crippen molar-refractivity contribution < 1.29 is 14.5 Å². The third kappa shape index (κ3) is 3.25. The van der Waals surface area contributed by atoms with Crippen molar-refractivity contribution in [3.8, 4) is 0 Å². The summed E-state index contributed by atoms with van der Waals surface area (Å²) >= 11 is 1.33. The van der Waals surface area contributed by atoms with E-state index >= 15 is 0 Å². The molecule has 0 fully saturated rings. The molecule has 1 atom stereocenters. The molecule has 2 amide bonds. The van der Waals surface area contributed by atoms with Crippen LogP contribution < -0.4 is 11.1 Å². The van der Waals surface area contributed by atoms with Crippen LogP contribution in [-0.2, 0) is 12.8 Å². The molecule has 0 aliphatic heterocycles. The maximum atomic E-state index is 12.5. The van der Waals surface area contributed by atoms with Crippen molar-refractivity contribution in [1.29, 1.82) is 0 Å². The SMILES string of the molecule is C[C@H]1CCc2sc(NC(=O)c3ccccc3[N+](=O)[O-])c(C(N)=O)c2C1. The van der Waals surface area contributed by atoms with Gasteiger partial charge >= 0.3 is 0 Å². The van der Waals surface area contributed by atoms with Crippen LogP contribution in [0.5, 0.6) is 0 Å². The van der Waals surface area contributed by atoms with Gasteiger partial charge in [0, 0.05) is 10.9 Å². The molecule has 1 aromatic heterocycles. The Morgan fingerprint density at radius 2 is 2.08 bits per heavy atom. The maximum Gasteiger partial charge on any atom is 0.282 e. The number of nitro groups is 1. The molecule has 0 radical (unpaired) electrons. The first-order valence-electron chi connectivity index (χ1n) is 7.87. The fraction of sp³-hybridized carbons (Fsp3) is 0.294. The quantitative estimate of drug-likeness (QED) is 0.644. The smallest absolute Gasteiger partial charge is 0.282 e. The molecule has 3 rings (SSSR count). The van der Waals surface area contributed by atoms with Crippen LogP contribution in [0.3, 0.4) is 0 Å². The largest absolute Gasteiger partial charge is 0.365 e. The number of aryl methyl sites for hydroxylation is 1. The highest BCUT2D eigenvalue weighted by Gasteiger charge is 2.28. The van der Waals surface area contributed by atoms with Crippen molar-refractivity contribution in [2.75, 3.05) is 5.32 Å². The predicted molar refractivity (Wildman–Crippen MR) is 95.1 cm³/mol. The molecule has 1 aromatic carbocycles. The number of hydrogen-bond donors (Lipinski definition) is 2. The van der Waals surface area contributed by atoms with Crippen molar-refractivity contribution in [2.24, 2.45) is 11.7 Å². The van der Waals surface area contributed by atoms with Crippen LogP contribution in [-0.4, -0.2) is 16.7 Å². The monoisotopic (exact) mass is 359 g/mol. The van der Waals surface area contributed by atoms with Crippen molar-refractivity contribution >= 4 is 33.8 Å². The number of benzene rings is 1. The Labute approximate surface area is 148 Å². The summed E-state index contributed by atoms with van der Waals surface area (Å²) < 4.78 is 0. The van der Waals surface area contributed by atoms with Gasteiger partial charge in [0.1, 0.15) is 10.6 Å². The number of primary amides is 1. The number of nitrogens with zero attached hydrogens (tertiary/aromatic N) is 1. The lowest BCUT2D eigenvalue weighted by Gasteiger charge is -2.18. The molecular weight excluding hydrogens is 342 g/mol. The highest BCUT2D eigenvalue weighted by atomic mass is 32.1. The number of nitrogens with one attached hydrogen (secondary N) is 1. The second-order valence-corrected chi connectivity index (χ2v) is 7.25. The van der Waals surface area contributed by atoms with Gasteiger partial charge in [0.25, 0.3) is 17.5 Å². The van der Waals surface area contributed by atoms with Crippen molar-refractivity contribution in [1.82, 2.24) is 0 Å². The minimum Gasteiger partial charge on any atom is -0.365 e. The number of thiophene rings is 1. The van der Waals surface area contributed by atoms with E-state index in [2.05, 4.69) is 12.2 Å². The summed E-state index contributed by atoms with van der Waals surface area (Å²) in [6.45, 7) is 2.11. The molecule has 25 heavy (non-hydrogen) atoms. The van der Waals surface area contributed by atoms with Gasteiger partial charge in [-0.25, -0.2) is 0 Å². The summed E-state index contributed by atoms with van der Waals surface area (Å²) in [4.78, 5) is 36.0. The number of hydrogen-bond acceptors (Lipinski definition) is 5. The standard InChI is InChI=1S/C17H17N3O4S/c1-9-6-7-13-11(8-9)14(15(18)21)17(25-13)19-16(22)10-4-2-3-5-12(10)20(23)24/h2-5,9H,6-8H2,1H3,(H2,18,21)(H,19,22)/t9-/m0/s1. The normalized spacial score (nSPS) is 16.1. The molecule has 3 N–H and O–H groups in total. The highest BCUT2D eigenvalue weighted by molar-refractivity contribution is 7.17. The summed E-state index contributed by atoms with van der Waals surface area (Å²) in [5.74, 6) is -0.773. The van der Waals surface area contributed by atoms with E-state index in [0.717, 1.165) is 29.7 Å². The predicted octanol–water partition coefficient (Wildman–Crippen LogP) is 3.13. The van der Waals surface area contributed by atoms with Crippen LogP contribution >= 0.6 is 11.3 Å².